The minimum Gasteiger partial charge on any atom is -0.330 e. The van der Waals surface area contributed by atoms with E-state index in [1.807, 2.05) is 0 Å². The maximum absolute atomic E-state index is 12.1. The fourth-order valence-corrected chi connectivity index (χ4v) is 0.992. The van der Waals surface area contributed by atoms with Gasteiger partial charge in [0.2, 0.25) is 0 Å². The molecule has 0 unspecified atom stereocenters. The lowest BCUT2D eigenvalue weighted by Crippen LogP contribution is -2.04. The summed E-state index contributed by atoms with van der Waals surface area (Å²) >= 11 is 0.751. The Morgan fingerprint density at radius 1 is 1.33 bits per heavy atom. The standard InChI is InChI=1S/C6H8F3NOS/c7-4(6(8)9)3-5(11)12-2-1-10/h1-3,10H2. The summed E-state index contributed by atoms with van der Waals surface area (Å²) in [5, 5.41) is -0.634. The monoisotopic (exact) mass is 199 g/mol. The molecule has 2 N–H and O–H groups in total. The number of rotatable bonds is 4. The van der Waals surface area contributed by atoms with Crippen LogP contribution in [0.25, 0.3) is 0 Å². The molecule has 12 heavy (non-hydrogen) atoms. The van der Waals surface area contributed by atoms with Gasteiger partial charge in [0.15, 0.2) is 10.9 Å². The summed E-state index contributed by atoms with van der Waals surface area (Å²) in [7, 11) is 0. The van der Waals surface area contributed by atoms with Crippen LogP contribution in [0.2, 0.25) is 0 Å². The second-order valence-corrected chi connectivity index (χ2v) is 3.00. The first kappa shape index (κ1) is 11.5. The Morgan fingerprint density at radius 3 is 2.33 bits per heavy atom. The van der Waals surface area contributed by atoms with Gasteiger partial charge in [0.1, 0.15) is 0 Å². The van der Waals surface area contributed by atoms with Crippen molar-refractivity contribution in [1.82, 2.24) is 0 Å². The first-order valence-corrected chi connectivity index (χ1v) is 4.11. The molecule has 6 heteroatoms. The van der Waals surface area contributed by atoms with Crippen LogP contribution < -0.4 is 5.73 Å². The van der Waals surface area contributed by atoms with E-state index in [9.17, 15) is 18.0 Å². The maximum Gasteiger partial charge on any atom is 0.301 e. The minimum absolute atomic E-state index is 0.264. The first-order chi connectivity index (χ1) is 5.57. The Bertz CT molecular complexity index is 191. The van der Waals surface area contributed by atoms with E-state index in [1.54, 1.807) is 0 Å². The quantitative estimate of drug-likeness (QED) is 0.749. The zero-order valence-corrected chi connectivity index (χ0v) is 6.97. The molecule has 0 amide bonds. The van der Waals surface area contributed by atoms with Gasteiger partial charge in [0.25, 0.3) is 0 Å². The van der Waals surface area contributed by atoms with Crippen LogP contribution in [0.4, 0.5) is 13.2 Å². The molecule has 0 heterocycles. The third-order valence-corrected chi connectivity index (χ3v) is 1.79. The minimum atomic E-state index is -2.43. The normalized spacial score (nSPS) is 9.67. The Balaban J connectivity index is 3.78. The highest BCUT2D eigenvalue weighted by atomic mass is 32.2. The summed E-state index contributed by atoms with van der Waals surface area (Å²) < 4.78 is 34.9. The van der Waals surface area contributed by atoms with Gasteiger partial charge in [-0.1, -0.05) is 11.8 Å². The van der Waals surface area contributed by atoms with E-state index in [0.29, 0.717) is 5.75 Å². The molecule has 0 atom stereocenters. The molecule has 0 aliphatic heterocycles. The maximum atomic E-state index is 12.1. The van der Waals surface area contributed by atoms with Crippen LogP contribution in [0.15, 0.2) is 11.9 Å². The fraction of sp³-hybridized carbons (Fsp3) is 0.500. The molecule has 0 aromatic carbocycles. The second kappa shape index (κ2) is 6.07. The van der Waals surface area contributed by atoms with Crippen molar-refractivity contribution in [1.29, 1.82) is 0 Å². The van der Waals surface area contributed by atoms with Crippen molar-refractivity contribution in [2.24, 2.45) is 5.73 Å². The molecule has 0 aromatic heterocycles. The van der Waals surface area contributed by atoms with Gasteiger partial charge in [-0.15, -0.1) is 0 Å². The summed E-state index contributed by atoms with van der Waals surface area (Å²) in [6.45, 7) is 0.264. The average molecular weight is 199 g/mol. The van der Waals surface area contributed by atoms with Crippen molar-refractivity contribution in [3.05, 3.63) is 11.9 Å². The summed E-state index contributed by atoms with van der Waals surface area (Å²) in [4.78, 5) is 10.6. The molecule has 0 rings (SSSR count). The molecule has 0 aliphatic rings. The topological polar surface area (TPSA) is 43.1 Å². The van der Waals surface area contributed by atoms with E-state index in [0.717, 1.165) is 11.8 Å². The van der Waals surface area contributed by atoms with Gasteiger partial charge in [-0.3, -0.25) is 4.79 Å². The van der Waals surface area contributed by atoms with Crippen molar-refractivity contribution in [2.45, 2.75) is 6.42 Å². The van der Waals surface area contributed by atoms with Gasteiger partial charge >= 0.3 is 6.08 Å². The highest BCUT2D eigenvalue weighted by Gasteiger charge is 2.10. The van der Waals surface area contributed by atoms with Crippen molar-refractivity contribution < 1.29 is 18.0 Å². The number of halogens is 3. The predicted octanol–water partition coefficient (Wildman–Crippen LogP) is 1.67. The van der Waals surface area contributed by atoms with Crippen LogP contribution in [-0.2, 0) is 4.79 Å². The first-order valence-electron chi connectivity index (χ1n) is 3.13. The number of hydrogen-bond acceptors (Lipinski definition) is 3. The Kier molecular flexibility index (Phi) is 5.83. The van der Waals surface area contributed by atoms with Gasteiger partial charge in [-0.05, 0) is 0 Å². The van der Waals surface area contributed by atoms with Gasteiger partial charge in [0, 0.05) is 12.3 Å². The van der Waals surface area contributed by atoms with E-state index in [1.165, 1.54) is 0 Å². The van der Waals surface area contributed by atoms with E-state index < -0.39 is 23.4 Å². The Labute approximate surface area is 72.0 Å². The lowest BCUT2D eigenvalue weighted by Gasteiger charge is -1.95. The molecular weight excluding hydrogens is 191 g/mol. The summed E-state index contributed by atoms with van der Waals surface area (Å²) in [5.74, 6) is -1.34. The zero-order chi connectivity index (χ0) is 9.56. The highest BCUT2D eigenvalue weighted by molar-refractivity contribution is 8.13. The number of nitrogens with two attached hydrogens (primary N) is 1. The molecule has 0 saturated carbocycles. The molecular formula is C6H8F3NOS. The van der Waals surface area contributed by atoms with Gasteiger partial charge in [0.05, 0.1) is 6.42 Å². The second-order valence-electron chi connectivity index (χ2n) is 1.85. The summed E-state index contributed by atoms with van der Waals surface area (Å²) in [5.41, 5.74) is 5.04. The molecule has 0 bridgehead atoms. The number of carbonyl (C=O) groups excluding carboxylic acids is 1. The Hall–Kier alpha value is -0.490. The predicted molar refractivity (Wildman–Crippen MR) is 41.5 cm³/mol. The van der Waals surface area contributed by atoms with Crippen LogP contribution >= 0.6 is 11.8 Å². The largest absolute Gasteiger partial charge is 0.330 e. The highest BCUT2D eigenvalue weighted by Crippen LogP contribution is 2.17. The third kappa shape index (κ3) is 5.20. The lowest BCUT2D eigenvalue weighted by atomic mass is 10.4. The van der Waals surface area contributed by atoms with Gasteiger partial charge in [-0.25, -0.2) is 4.39 Å². The molecule has 0 fully saturated rings. The smallest absolute Gasteiger partial charge is 0.301 e. The number of hydrogen-bond donors (Lipinski definition) is 1. The Morgan fingerprint density at radius 2 is 1.92 bits per heavy atom. The van der Waals surface area contributed by atoms with Crippen molar-refractivity contribution >= 4 is 16.9 Å². The fourth-order valence-electron chi connectivity index (χ4n) is 0.417. The van der Waals surface area contributed by atoms with Crippen molar-refractivity contribution in [2.75, 3.05) is 12.3 Å². The van der Waals surface area contributed by atoms with Crippen LogP contribution in [-0.4, -0.2) is 17.4 Å². The van der Waals surface area contributed by atoms with Gasteiger partial charge < -0.3 is 5.73 Å². The lowest BCUT2D eigenvalue weighted by molar-refractivity contribution is -0.110. The van der Waals surface area contributed by atoms with Crippen molar-refractivity contribution in [3.63, 3.8) is 0 Å². The van der Waals surface area contributed by atoms with Crippen LogP contribution in [0.5, 0.6) is 0 Å². The third-order valence-electron chi connectivity index (χ3n) is 0.886. The van der Waals surface area contributed by atoms with Crippen molar-refractivity contribution in [3.8, 4) is 0 Å². The van der Waals surface area contributed by atoms with Crippen LogP contribution in [0, 0.1) is 0 Å². The van der Waals surface area contributed by atoms with Crippen LogP contribution in [0.3, 0.4) is 0 Å². The van der Waals surface area contributed by atoms with E-state index >= 15 is 0 Å². The van der Waals surface area contributed by atoms with E-state index in [-0.39, 0.29) is 6.54 Å². The van der Waals surface area contributed by atoms with E-state index in [4.69, 9.17) is 5.73 Å². The molecule has 70 valence electrons. The molecule has 2 nitrogen and oxygen atoms in total. The molecule has 0 radical (unpaired) electrons. The average Bonchev–Trinajstić information content (AvgIpc) is 2.00. The number of thioether (sulfide) groups is 1. The number of allylic oxidation sites excluding steroid dienone is 1. The molecule has 0 saturated heterocycles. The van der Waals surface area contributed by atoms with Gasteiger partial charge in [-0.2, -0.15) is 8.78 Å². The SMILES string of the molecule is NCCSC(=O)CC(F)=C(F)F. The summed E-state index contributed by atoms with van der Waals surface area (Å²) in [6, 6.07) is 0. The number of carbonyl (C=O) groups is 1. The molecule has 0 aromatic rings. The van der Waals surface area contributed by atoms with Crippen LogP contribution in [0.1, 0.15) is 6.42 Å². The zero-order valence-electron chi connectivity index (χ0n) is 6.15. The summed E-state index contributed by atoms with van der Waals surface area (Å²) in [6.07, 6.45) is -3.29. The molecule has 0 aliphatic carbocycles. The van der Waals surface area contributed by atoms with E-state index in [2.05, 4.69) is 0 Å². The molecule has 0 spiro atoms.